The lowest BCUT2D eigenvalue weighted by atomic mass is 10.1. The Kier molecular flexibility index (Phi) is 6.49. The molecule has 2 aromatic carbocycles. The lowest BCUT2D eigenvalue weighted by molar-refractivity contribution is -0.384. The molecule has 9 nitrogen and oxygen atoms in total. The number of nitro groups is 1. The summed E-state index contributed by atoms with van der Waals surface area (Å²) in [7, 11) is -4.03. The van der Waals surface area contributed by atoms with E-state index in [1.165, 1.54) is 6.92 Å². The number of nitrogens with one attached hydrogen (secondary N) is 3. The molecule has 0 aromatic heterocycles. The molecular weight excluding hydrogens is 384 g/mol. The van der Waals surface area contributed by atoms with Crippen LogP contribution in [0.4, 0.5) is 5.69 Å². The highest BCUT2D eigenvalue weighted by Crippen LogP contribution is 2.16. The van der Waals surface area contributed by atoms with E-state index in [2.05, 4.69) is 22.2 Å². The average molecular weight is 404 g/mol. The molecule has 0 spiro atoms. The summed E-state index contributed by atoms with van der Waals surface area (Å²) in [5.41, 5.74) is 7.09. The van der Waals surface area contributed by atoms with Crippen LogP contribution in [0.25, 0.3) is 5.70 Å². The second-order valence-electron chi connectivity index (χ2n) is 6.05. The molecule has 1 amide bonds. The largest absolute Gasteiger partial charge is 0.299 e. The molecule has 2 aromatic rings. The number of nitrogens with zero attached hydrogens (tertiary/aromatic N) is 1. The Hall–Kier alpha value is -3.24. The third-order valence-corrected chi connectivity index (χ3v) is 5.38. The maximum Gasteiger partial charge on any atom is 0.269 e. The average Bonchev–Trinajstić information content (AvgIpc) is 2.66. The quantitative estimate of drug-likeness (QED) is 0.455. The minimum atomic E-state index is -4.03. The number of sulfonamides is 1. The molecule has 1 atom stereocenters. The summed E-state index contributed by atoms with van der Waals surface area (Å²) in [5, 5.41) is 10.6. The normalized spacial score (nSPS) is 12.1. The molecule has 0 unspecified atom stereocenters. The van der Waals surface area contributed by atoms with E-state index in [1.807, 2.05) is 31.2 Å². The standard InChI is InChI=1S/C18H20N4O5S/c1-12-4-6-15(7-5-12)13(2)19-20-18(23)14(3)21-28(26,27)17-10-8-16(9-11-17)22(24)25/h4-11,14,19,21H,2H2,1,3H3,(H,20,23)/t14-/m1/s1. The third kappa shape index (κ3) is 5.38. The van der Waals surface area contributed by atoms with Gasteiger partial charge < -0.3 is 0 Å². The van der Waals surface area contributed by atoms with E-state index in [1.54, 1.807) is 0 Å². The summed E-state index contributed by atoms with van der Waals surface area (Å²) in [4.78, 5) is 22.0. The Labute approximate surface area is 162 Å². The lowest BCUT2D eigenvalue weighted by Crippen LogP contribution is -2.48. The van der Waals surface area contributed by atoms with Gasteiger partial charge in [-0.3, -0.25) is 25.8 Å². The lowest BCUT2D eigenvalue weighted by Gasteiger charge is -2.16. The van der Waals surface area contributed by atoms with Gasteiger partial charge in [-0.15, -0.1) is 0 Å². The Bertz CT molecular complexity index is 986. The van der Waals surface area contributed by atoms with Crippen LogP contribution in [0, 0.1) is 17.0 Å². The van der Waals surface area contributed by atoms with Crippen LogP contribution < -0.4 is 15.6 Å². The van der Waals surface area contributed by atoms with Crippen LogP contribution >= 0.6 is 0 Å². The van der Waals surface area contributed by atoms with Gasteiger partial charge in [0.25, 0.3) is 11.6 Å². The molecule has 0 saturated carbocycles. The van der Waals surface area contributed by atoms with E-state index in [4.69, 9.17) is 0 Å². The number of rotatable bonds is 8. The van der Waals surface area contributed by atoms with Crippen LogP contribution in [-0.4, -0.2) is 25.3 Å². The highest BCUT2D eigenvalue weighted by Gasteiger charge is 2.22. The fraction of sp³-hybridized carbons (Fsp3) is 0.167. The molecule has 10 heteroatoms. The predicted octanol–water partition coefficient (Wildman–Crippen LogP) is 1.86. The number of carbonyl (C=O) groups excluding carboxylic acids is 1. The van der Waals surface area contributed by atoms with Gasteiger partial charge in [0.1, 0.15) is 0 Å². The Morgan fingerprint density at radius 1 is 1.07 bits per heavy atom. The molecule has 3 N–H and O–H groups in total. The van der Waals surface area contributed by atoms with Crippen molar-refractivity contribution in [2.24, 2.45) is 0 Å². The van der Waals surface area contributed by atoms with Crippen molar-refractivity contribution in [1.29, 1.82) is 0 Å². The molecular formula is C18H20N4O5S. The van der Waals surface area contributed by atoms with Crippen molar-refractivity contribution < 1.29 is 18.1 Å². The monoisotopic (exact) mass is 404 g/mol. The fourth-order valence-electron chi connectivity index (χ4n) is 2.17. The maximum atomic E-state index is 12.3. The zero-order valence-electron chi connectivity index (χ0n) is 15.3. The summed E-state index contributed by atoms with van der Waals surface area (Å²) < 4.78 is 26.9. The molecule has 28 heavy (non-hydrogen) atoms. The first-order chi connectivity index (χ1) is 13.1. The number of hydrogen-bond donors (Lipinski definition) is 3. The van der Waals surface area contributed by atoms with Crippen LogP contribution in [0.1, 0.15) is 18.1 Å². The zero-order valence-corrected chi connectivity index (χ0v) is 16.1. The molecule has 0 radical (unpaired) electrons. The molecule has 2 rings (SSSR count). The van der Waals surface area contributed by atoms with Crippen LogP contribution in [0.5, 0.6) is 0 Å². The number of aryl methyl sites for hydroxylation is 1. The van der Waals surface area contributed by atoms with Gasteiger partial charge >= 0.3 is 0 Å². The second kappa shape index (κ2) is 8.63. The van der Waals surface area contributed by atoms with Crippen molar-refractivity contribution in [3.05, 3.63) is 76.4 Å². The van der Waals surface area contributed by atoms with Gasteiger partial charge in [0.2, 0.25) is 10.0 Å². The molecule has 148 valence electrons. The van der Waals surface area contributed by atoms with Crippen molar-refractivity contribution >= 4 is 27.3 Å². The first kappa shape index (κ1) is 21.1. The maximum absolute atomic E-state index is 12.3. The second-order valence-corrected chi connectivity index (χ2v) is 7.77. The Morgan fingerprint density at radius 2 is 1.64 bits per heavy atom. The molecule has 0 saturated heterocycles. The summed E-state index contributed by atoms with van der Waals surface area (Å²) in [6.07, 6.45) is 0. The number of non-ortho nitro benzene ring substituents is 1. The number of nitro benzene ring substituents is 1. The van der Waals surface area contributed by atoms with E-state index in [9.17, 15) is 23.3 Å². The van der Waals surface area contributed by atoms with E-state index >= 15 is 0 Å². The van der Waals surface area contributed by atoms with Crippen molar-refractivity contribution in [2.45, 2.75) is 24.8 Å². The first-order valence-electron chi connectivity index (χ1n) is 8.19. The van der Waals surface area contributed by atoms with Gasteiger partial charge in [-0.1, -0.05) is 36.4 Å². The predicted molar refractivity (Wildman–Crippen MR) is 104 cm³/mol. The van der Waals surface area contributed by atoms with Crippen molar-refractivity contribution in [3.63, 3.8) is 0 Å². The highest BCUT2D eigenvalue weighted by molar-refractivity contribution is 7.89. The highest BCUT2D eigenvalue weighted by atomic mass is 32.2. The molecule has 0 bridgehead atoms. The van der Waals surface area contributed by atoms with E-state index in [0.717, 1.165) is 35.4 Å². The van der Waals surface area contributed by atoms with Gasteiger partial charge in [-0.2, -0.15) is 4.72 Å². The number of amides is 1. The van der Waals surface area contributed by atoms with Gasteiger partial charge in [0, 0.05) is 12.1 Å². The molecule has 0 fully saturated rings. The van der Waals surface area contributed by atoms with Crippen LogP contribution in [0.2, 0.25) is 0 Å². The van der Waals surface area contributed by atoms with Crippen LogP contribution in [0.15, 0.2) is 60.0 Å². The van der Waals surface area contributed by atoms with Crippen molar-refractivity contribution in [1.82, 2.24) is 15.6 Å². The summed E-state index contributed by atoms with van der Waals surface area (Å²) in [6, 6.07) is 10.7. The van der Waals surface area contributed by atoms with Crippen molar-refractivity contribution in [3.8, 4) is 0 Å². The van der Waals surface area contributed by atoms with Crippen LogP contribution in [0.3, 0.4) is 0 Å². The smallest absolute Gasteiger partial charge is 0.269 e. The number of carbonyl (C=O) groups is 1. The summed E-state index contributed by atoms with van der Waals surface area (Å²) >= 11 is 0. The third-order valence-electron chi connectivity index (χ3n) is 3.82. The first-order valence-corrected chi connectivity index (χ1v) is 9.67. The minimum absolute atomic E-state index is 0.185. The van der Waals surface area contributed by atoms with Gasteiger partial charge in [-0.25, -0.2) is 8.42 Å². The summed E-state index contributed by atoms with van der Waals surface area (Å²) in [5.74, 6) is -0.626. The SMILES string of the molecule is C=C(NNC(=O)[C@@H](C)NS(=O)(=O)c1ccc([N+](=O)[O-])cc1)c1ccc(C)cc1. The molecule has 0 heterocycles. The molecule has 0 aliphatic carbocycles. The minimum Gasteiger partial charge on any atom is -0.299 e. The van der Waals surface area contributed by atoms with E-state index in [0.29, 0.717) is 5.70 Å². The van der Waals surface area contributed by atoms with Crippen molar-refractivity contribution in [2.75, 3.05) is 0 Å². The van der Waals surface area contributed by atoms with Gasteiger partial charge in [-0.05, 0) is 31.5 Å². The van der Waals surface area contributed by atoms with Gasteiger partial charge in [0.15, 0.2) is 0 Å². The fourth-order valence-corrected chi connectivity index (χ4v) is 3.38. The summed E-state index contributed by atoms with van der Waals surface area (Å²) in [6.45, 7) is 7.13. The van der Waals surface area contributed by atoms with Crippen LogP contribution in [-0.2, 0) is 14.8 Å². The van der Waals surface area contributed by atoms with E-state index in [-0.39, 0.29) is 10.6 Å². The molecule has 0 aliphatic heterocycles. The number of hydrogen-bond acceptors (Lipinski definition) is 6. The zero-order chi connectivity index (χ0) is 20.9. The van der Waals surface area contributed by atoms with Gasteiger partial charge in [0.05, 0.1) is 21.6 Å². The van der Waals surface area contributed by atoms with E-state index < -0.39 is 26.9 Å². The topological polar surface area (TPSA) is 130 Å². The number of benzene rings is 2. The number of hydrazine groups is 1. The molecule has 0 aliphatic rings. The Morgan fingerprint density at radius 3 is 2.18 bits per heavy atom. The Balaban J connectivity index is 1.95.